The summed E-state index contributed by atoms with van der Waals surface area (Å²) in [7, 11) is 3.35. The van der Waals surface area contributed by atoms with Gasteiger partial charge in [-0.15, -0.1) is 11.3 Å². The zero-order valence-corrected chi connectivity index (χ0v) is 17.8. The van der Waals surface area contributed by atoms with Crippen molar-refractivity contribution in [2.45, 2.75) is 19.6 Å². The van der Waals surface area contributed by atoms with Gasteiger partial charge >= 0.3 is 5.69 Å². The van der Waals surface area contributed by atoms with E-state index in [1.165, 1.54) is 0 Å². The number of fused-ring (bicyclic) bond motifs is 1. The van der Waals surface area contributed by atoms with Crippen LogP contribution >= 0.6 is 11.3 Å². The lowest BCUT2D eigenvalue weighted by Gasteiger charge is -2.23. The molecule has 7 heteroatoms. The van der Waals surface area contributed by atoms with Crippen LogP contribution in [0.2, 0.25) is 0 Å². The maximum atomic E-state index is 13.4. The Morgan fingerprint density at radius 3 is 2.47 bits per heavy atom. The Bertz CT molecular complexity index is 1220. The Morgan fingerprint density at radius 1 is 1.00 bits per heavy atom. The molecule has 0 saturated carbocycles. The summed E-state index contributed by atoms with van der Waals surface area (Å²) in [5, 5.41) is 2.00. The molecule has 0 aliphatic carbocycles. The van der Waals surface area contributed by atoms with E-state index >= 15 is 0 Å². The predicted octanol–water partition coefficient (Wildman–Crippen LogP) is 3.64. The Kier molecular flexibility index (Phi) is 5.72. The van der Waals surface area contributed by atoms with Crippen molar-refractivity contribution in [1.82, 2.24) is 14.0 Å². The lowest BCUT2D eigenvalue weighted by Crippen LogP contribution is -2.36. The number of aryl methyl sites for hydroxylation is 1. The van der Waals surface area contributed by atoms with Crippen molar-refractivity contribution in [2.24, 2.45) is 7.05 Å². The van der Waals surface area contributed by atoms with Gasteiger partial charge < -0.3 is 9.64 Å². The van der Waals surface area contributed by atoms with Gasteiger partial charge in [-0.2, -0.15) is 0 Å². The maximum Gasteiger partial charge on any atom is 0.329 e. The van der Waals surface area contributed by atoms with Gasteiger partial charge in [-0.25, -0.2) is 4.79 Å². The lowest BCUT2D eigenvalue weighted by molar-refractivity contribution is -0.133. The summed E-state index contributed by atoms with van der Waals surface area (Å²) in [4.78, 5) is 29.0. The van der Waals surface area contributed by atoms with Gasteiger partial charge in [0.2, 0.25) is 5.91 Å². The largest absolute Gasteiger partial charge is 0.496 e. The lowest BCUT2D eigenvalue weighted by atomic mass is 10.2. The number of carbonyl (C=O) groups excluding carboxylic acids is 1. The van der Waals surface area contributed by atoms with Gasteiger partial charge in [-0.3, -0.25) is 13.9 Å². The van der Waals surface area contributed by atoms with Crippen molar-refractivity contribution in [2.75, 3.05) is 7.11 Å². The summed E-state index contributed by atoms with van der Waals surface area (Å²) in [6, 6.07) is 19.2. The molecular formula is C23H23N3O3S. The summed E-state index contributed by atoms with van der Waals surface area (Å²) in [5.41, 5.74) is 2.30. The zero-order chi connectivity index (χ0) is 21.1. The number of rotatable bonds is 7. The SMILES string of the molecule is COc1ccccc1CN(Cc1cccs1)C(=O)Cn1c(=O)n(C)c2ccccc21. The highest BCUT2D eigenvalue weighted by atomic mass is 32.1. The van der Waals surface area contributed by atoms with Crippen LogP contribution in [0.3, 0.4) is 0 Å². The summed E-state index contributed by atoms with van der Waals surface area (Å²) in [6.45, 7) is 0.870. The Balaban J connectivity index is 1.66. The van der Waals surface area contributed by atoms with E-state index in [4.69, 9.17) is 4.74 Å². The first kappa shape index (κ1) is 20.0. The van der Waals surface area contributed by atoms with Crippen LogP contribution in [0.25, 0.3) is 11.0 Å². The third kappa shape index (κ3) is 3.89. The third-order valence-corrected chi connectivity index (χ3v) is 6.04. The number of imidazole rings is 1. The topological polar surface area (TPSA) is 56.5 Å². The van der Waals surface area contributed by atoms with Gasteiger partial charge in [-0.1, -0.05) is 36.4 Å². The molecule has 154 valence electrons. The molecule has 0 bridgehead atoms. The van der Waals surface area contributed by atoms with E-state index in [-0.39, 0.29) is 18.1 Å². The molecule has 30 heavy (non-hydrogen) atoms. The second kappa shape index (κ2) is 8.59. The Hall–Kier alpha value is -3.32. The number of nitrogens with zero attached hydrogens (tertiary/aromatic N) is 3. The molecule has 4 rings (SSSR count). The first-order chi connectivity index (χ1) is 14.6. The average Bonchev–Trinajstić information content (AvgIpc) is 3.36. The average molecular weight is 422 g/mol. The fourth-order valence-electron chi connectivity index (χ4n) is 3.61. The molecule has 0 aliphatic rings. The van der Waals surface area contributed by atoms with E-state index in [2.05, 4.69) is 0 Å². The second-order valence-electron chi connectivity index (χ2n) is 7.06. The standard InChI is InChI=1S/C23H23N3O3S/c1-24-19-10-4-5-11-20(19)26(23(24)28)16-22(27)25(15-18-9-7-13-30-18)14-17-8-3-6-12-21(17)29-2/h3-13H,14-16H2,1-2H3. The van der Waals surface area contributed by atoms with Gasteiger partial charge in [0.15, 0.2) is 0 Å². The number of methoxy groups -OCH3 is 1. The molecule has 6 nitrogen and oxygen atoms in total. The minimum Gasteiger partial charge on any atom is -0.496 e. The van der Waals surface area contributed by atoms with Crippen molar-refractivity contribution in [3.63, 3.8) is 0 Å². The Morgan fingerprint density at radius 2 is 1.73 bits per heavy atom. The molecule has 0 unspecified atom stereocenters. The van der Waals surface area contributed by atoms with Crippen LogP contribution in [0, 0.1) is 0 Å². The normalized spacial score (nSPS) is 11.0. The molecule has 0 spiro atoms. The van der Waals surface area contributed by atoms with Gasteiger partial charge in [-0.05, 0) is 29.6 Å². The molecule has 0 N–H and O–H groups in total. The number of benzene rings is 2. The molecule has 0 fully saturated rings. The van der Waals surface area contributed by atoms with Crippen LogP contribution in [-0.2, 0) is 31.5 Å². The van der Waals surface area contributed by atoms with Crippen molar-refractivity contribution in [1.29, 1.82) is 0 Å². The zero-order valence-electron chi connectivity index (χ0n) is 16.9. The van der Waals surface area contributed by atoms with E-state index in [0.29, 0.717) is 13.1 Å². The second-order valence-corrected chi connectivity index (χ2v) is 8.09. The fraction of sp³-hybridized carbons (Fsp3) is 0.217. The van der Waals surface area contributed by atoms with Crippen LogP contribution in [0.5, 0.6) is 5.75 Å². The molecule has 0 saturated heterocycles. The van der Waals surface area contributed by atoms with E-state index in [1.807, 2.05) is 66.0 Å². The fourth-order valence-corrected chi connectivity index (χ4v) is 4.33. The molecule has 4 aromatic rings. The number of aromatic nitrogens is 2. The minimum atomic E-state index is -0.196. The highest BCUT2D eigenvalue weighted by molar-refractivity contribution is 7.09. The molecule has 0 atom stereocenters. The summed E-state index contributed by atoms with van der Waals surface area (Å²) in [5.74, 6) is 0.622. The molecule has 1 amide bonds. The maximum absolute atomic E-state index is 13.4. The van der Waals surface area contributed by atoms with Crippen molar-refractivity contribution < 1.29 is 9.53 Å². The van der Waals surface area contributed by atoms with E-state index in [9.17, 15) is 9.59 Å². The van der Waals surface area contributed by atoms with Crippen LogP contribution in [0.15, 0.2) is 70.8 Å². The van der Waals surface area contributed by atoms with Gasteiger partial charge in [0, 0.05) is 24.0 Å². The number of carbonyl (C=O) groups is 1. The van der Waals surface area contributed by atoms with Crippen LogP contribution in [0.4, 0.5) is 0 Å². The van der Waals surface area contributed by atoms with Crippen LogP contribution in [0.1, 0.15) is 10.4 Å². The van der Waals surface area contributed by atoms with E-state index in [1.54, 1.807) is 39.5 Å². The molecule has 2 heterocycles. The van der Waals surface area contributed by atoms with E-state index in [0.717, 1.165) is 27.2 Å². The van der Waals surface area contributed by atoms with Gasteiger partial charge in [0.25, 0.3) is 0 Å². The molecule has 2 aromatic carbocycles. The molecular weight excluding hydrogens is 398 g/mol. The highest BCUT2D eigenvalue weighted by Crippen LogP contribution is 2.22. The van der Waals surface area contributed by atoms with Crippen molar-refractivity contribution in [3.05, 3.63) is 87.0 Å². The smallest absolute Gasteiger partial charge is 0.329 e. The third-order valence-electron chi connectivity index (χ3n) is 5.18. The predicted molar refractivity (Wildman–Crippen MR) is 119 cm³/mol. The first-order valence-electron chi connectivity index (χ1n) is 9.65. The minimum absolute atomic E-state index is 0.0132. The van der Waals surface area contributed by atoms with Crippen molar-refractivity contribution in [3.8, 4) is 5.75 Å². The number of para-hydroxylation sites is 3. The quantitative estimate of drug-likeness (QED) is 0.458. The molecule has 0 aliphatic heterocycles. The molecule has 0 radical (unpaired) electrons. The number of hydrogen-bond donors (Lipinski definition) is 0. The highest BCUT2D eigenvalue weighted by Gasteiger charge is 2.20. The van der Waals surface area contributed by atoms with Gasteiger partial charge in [0.1, 0.15) is 12.3 Å². The van der Waals surface area contributed by atoms with E-state index < -0.39 is 0 Å². The number of ether oxygens (including phenoxy) is 1. The van der Waals surface area contributed by atoms with Crippen LogP contribution in [-0.4, -0.2) is 27.1 Å². The molecule has 2 aromatic heterocycles. The Labute approximate surface area is 178 Å². The number of thiophene rings is 1. The summed E-state index contributed by atoms with van der Waals surface area (Å²) < 4.78 is 8.58. The first-order valence-corrected chi connectivity index (χ1v) is 10.5. The van der Waals surface area contributed by atoms with Crippen molar-refractivity contribution >= 4 is 28.3 Å². The van der Waals surface area contributed by atoms with Crippen LogP contribution < -0.4 is 10.4 Å². The summed E-state index contributed by atoms with van der Waals surface area (Å²) in [6.07, 6.45) is 0. The monoisotopic (exact) mass is 421 g/mol. The number of hydrogen-bond acceptors (Lipinski definition) is 4. The van der Waals surface area contributed by atoms with Gasteiger partial charge in [0.05, 0.1) is 24.7 Å². The summed E-state index contributed by atoms with van der Waals surface area (Å²) >= 11 is 1.61. The number of amides is 1.